The number of amides is 2. The number of piperidine rings is 1. The number of rotatable bonds is 5. The first-order chi connectivity index (χ1) is 21.0. The van der Waals surface area contributed by atoms with Crippen molar-refractivity contribution in [1.82, 2.24) is 29.4 Å². The maximum atomic E-state index is 14.0. The minimum Gasteiger partial charge on any atom is -0.383 e. The number of benzene rings is 1. The number of hydrogen-bond donors (Lipinski definition) is 2. The lowest BCUT2D eigenvalue weighted by Crippen LogP contribution is -2.46. The number of anilines is 2. The minimum absolute atomic E-state index is 0.0243. The quantitative estimate of drug-likeness (QED) is 0.242. The van der Waals surface area contributed by atoms with Gasteiger partial charge >= 0.3 is 6.18 Å². The van der Waals surface area contributed by atoms with Crippen LogP contribution in [0.2, 0.25) is 0 Å². The lowest BCUT2D eigenvalue weighted by atomic mass is 10.00. The first-order valence-electron chi connectivity index (χ1n) is 13.8. The van der Waals surface area contributed by atoms with Crippen molar-refractivity contribution in [2.75, 3.05) is 11.1 Å². The third-order valence-corrected chi connectivity index (χ3v) is 8.73. The monoisotopic (exact) mass is 664 g/mol. The molecule has 2 aliphatic rings. The molecule has 1 aliphatic heterocycles. The number of alkyl halides is 3. The summed E-state index contributed by atoms with van der Waals surface area (Å²) in [4.78, 5) is 45.3. The first kappa shape index (κ1) is 28.2. The highest BCUT2D eigenvalue weighted by molar-refractivity contribution is 9.10. The molecule has 0 spiro atoms. The summed E-state index contributed by atoms with van der Waals surface area (Å²) in [5.41, 5.74) is 7.93. The zero-order chi connectivity index (χ0) is 30.9. The second-order valence-electron chi connectivity index (χ2n) is 11.1. The number of aryl methyl sites for hydroxylation is 1. The van der Waals surface area contributed by atoms with E-state index in [1.54, 1.807) is 39.8 Å². The van der Waals surface area contributed by atoms with Crippen LogP contribution in [0.25, 0.3) is 33.1 Å². The molecule has 10 nitrogen and oxygen atoms in total. The van der Waals surface area contributed by atoms with Gasteiger partial charge in [-0.3, -0.25) is 14.6 Å². The number of nitrogens with zero attached hydrogens (tertiary/aromatic N) is 6. The van der Waals surface area contributed by atoms with Gasteiger partial charge in [-0.25, -0.2) is 15.0 Å². The van der Waals surface area contributed by atoms with Gasteiger partial charge in [0, 0.05) is 17.6 Å². The molecule has 1 aliphatic carbocycles. The van der Waals surface area contributed by atoms with Crippen molar-refractivity contribution in [1.29, 1.82) is 0 Å². The number of nitrogens with two attached hydrogens (primary N) is 1. The van der Waals surface area contributed by atoms with Gasteiger partial charge in [-0.15, -0.1) is 0 Å². The fourth-order valence-corrected chi connectivity index (χ4v) is 6.67. The van der Waals surface area contributed by atoms with Gasteiger partial charge in [-0.2, -0.15) is 13.2 Å². The zero-order valence-corrected chi connectivity index (χ0v) is 24.7. The van der Waals surface area contributed by atoms with Crippen molar-refractivity contribution in [3.63, 3.8) is 0 Å². The molecule has 5 heterocycles. The SMILES string of the molecule is Cc1cc(-c2ccnc(C(F)(F)F)c2)cc2c3c(N)ncnc3n(CC(=O)N3[C@@H]4C[C@@H]4C[C@H]3C(=O)Nc3cccc(Br)n3)c12. The second-order valence-corrected chi connectivity index (χ2v) is 11.9. The van der Waals surface area contributed by atoms with Gasteiger partial charge in [-0.05, 0) is 94.7 Å². The predicted molar refractivity (Wildman–Crippen MR) is 160 cm³/mol. The van der Waals surface area contributed by atoms with E-state index in [4.69, 9.17) is 5.73 Å². The van der Waals surface area contributed by atoms with Gasteiger partial charge in [0.1, 0.15) is 46.5 Å². The zero-order valence-electron chi connectivity index (χ0n) is 23.1. The van der Waals surface area contributed by atoms with Crippen molar-refractivity contribution in [2.45, 2.75) is 44.6 Å². The van der Waals surface area contributed by atoms with E-state index >= 15 is 0 Å². The Morgan fingerprint density at radius 2 is 1.91 bits per heavy atom. The molecule has 1 saturated heterocycles. The number of hydrogen-bond acceptors (Lipinski definition) is 7. The summed E-state index contributed by atoms with van der Waals surface area (Å²) < 4.78 is 42.5. The highest BCUT2D eigenvalue weighted by Gasteiger charge is 2.56. The van der Waals surface area contributed by atoms with Crippen LogP contribution in [0.5, 0.6) is 0 Å². The molecule has 7 rings (SSSR count). The Balaban J connectivity index is 1.26. The second kappa shape index (κ2) is 10.3. The van der Waals surface area contributed by atoms with E-state index in [0.29, 0.717) is 55.5 Å². The maximum Gasteiger partial charge on any atom is 0.433 e. The molecule has 0 unspecified atom stereocenters. The number of halogens is 4. The van der Waals surface area contributed by atoms with E-state index in [0.717, 1.165) is 18.7 Å². The summed E-state index contributed by atoms with van der Waals surface area (Å²) in [5.74, 6) is 0.264. The van der Waals surface area contributed by atoms with Gasteiger partial charge in [0.25, 0.3) is 0 Å². The molecule has 3 atom stereocenters. The largest absolute Gasteiger partial charge is 0.433 e. The number of carbonyl (C=O) groups is 2. The minimum atomic E-state index is -4.59. The molecule has 1 aromatic carbocycles. The number of carbonyl (C=O) groups excluding carboxylic acids is 2. The van der Waals surface area contributed by atoms with Crippen molar-refractivity contribution in [2.24, 2.45) is 5.92 Å². The van der Waals surface area contributed by atoms with Gasteiger partial charge in [0.05, 0.1) is 10.9 Å². The van der Waals surface area contributed by atoms with Gasteiger partial charge in [0.15, 0.2) is 0 Å². The van der Waals surface area contributed by atoms with Gasteiger partial charge in [-0.1, -0.05) is 6.07 Å². The Bertz CT molecular complexity index is 2000. The Labute approximate surface area is 256 Å². The first-order valence-corrected chi connectivity index (χ1v) is 14.6. The lowest BCUT2D eigenvalue weighted by Gasteiger charge is -2.27. The van der Waals surface area contributed by atoms with Crippen LogP contribution >= 0.6 is 15.9 Å². The molecular weight excluding hydrogens is 641 g/mol. The lowest BCUT2D eigenvalue weighted by molar-refractivity contribution is -0.141. The summed E-state index contributed by atoms with van der Waals surface area (Å²) in [6.07, 6.45) is -0.769. The van der Waals surface area contributed by atoms with Crippen molar-refractivity contribution >= 4 is 61.3 Å². The summed E-state index contributed by atoms with van der Waals surface area (Å²) in [6, 6.07) is 10.5. The Morgan fingerprint density at radius 1 is 1.09 bits per heavy atom. The fraction of sp³-hybridized carbons (Fsp3) is 0.267. The van der Waals surface area contributed by atoms with E-state index < -0.39 is 17.9 Å². The number of pyridine rings is 2. The van der Waals surface area contributed by atoms with Crippen LogP contribution in [0, 0.1) is 12.8 Å². The molecule has 224 valence electrons. The van der Waals surface area contributed by atoms with E-state index in [1.807, 2.05) is 6.92 Å². The molecule has 0 radical (unpaired) electrons. The molecular formula is C30H24BrF3N8O2. The average molecular weight is 665 g/mol. The average Bonchev–Trinajstić information content (AvgIpc) is 3.51. The Kier molecular flexibility index (Phi) is 6.57. The van der Waals surface area contributed by atoms with Crippen molar-refractivity contribution < 1.29 is 22.8 Å². The predicted octanol–water partition coefficient (Wildman–Crippen LogP) is 5.34. The molecule has 2 amide bonds. The smallest absolute Gasteiger partial charge is 0.383 e. The van der Waals surface area contributed by atoms with E-state index in [1.165, 1.54) is 12.4 Å². The Morgan fingerprint density at radius 3 is 2.68 bits per heavy atom. The van der Waals surface area contributed by atoms with Crippen LogP contribution in [0.1, 0.15) is 24.1 Å². The summed E-state index contributed by atoms with van der Waals surface area (Å²) in [7, 11) is 0. The third-order valence-electron chi connectivity index (χ3n) is 8.29. The van der Waals surface area contributed by atoms with Crippen LogP contribution in [0.4, 0.5) is 24.8 Å². The topological polar surface area (TPSA) is 132 Å². The summed E-state index contributed by atoms with van der Waals surface area (Å²) in [5, 5.41) is 3.92. The van der Waals surface area contributed by atoms with E-state index in [2.05, 4.69) is 41.2 Å². The Hall–Kier alpha value is -4.59. The molecule has 4 aromatic heterocycles. The molecule has 44 heavy (non-hydrogen) atoms. The molecule has 14 heteroatoms. The van der Waals surface area contributed by atoms with E-state index in [-0.39, 0.29) is 36.1 Å². The molecule has 3 N–H and O–H groups in total. The third kappa shape index (κ3) is 4.82. The number of nitrogens with one attached hydrogen (secondary N) is 1. The van der Waals surface area contributed by atoms with Crippen LogP contribution in [0.3, 0.4) is 0 Å². The normalized spacial score (nSPS) is 19.4. The number of nitrogen functional groups attached to an aromatic ring is 1. The number of likely N-dealkylation sites (tertiary alicyclic amines) is 1. The highest BCUT2D eigenvalue weighted by atomic mass is 79.9. The standard InChI is InChI=1S/C30H24BrF3N8O2/c1-14-7-16(15-5-6-36-21(11-15)30(32,33)34)8-18-25-27(35)37-13-38-28(25)41(26(14)18)12-24(43)42-19-9-17(19)10-20(42)29(44)40-23-4-2-3-22(31)39-23/h2-8,11,13,17,19-20H,9-10,12H2,1H3,(H2,35,37,38)(H,39,40,44)/t17-,19-,20+/m1/s1. The molecule has 1 saturated carbocycles. The molecule has 0 bridgehead atoms. The van der Waals surface area contributed by atoms with E-state index in [9.17, 15) is 22.8 Å². The molecule has 2 fully saturated rings. The maximum absolute atomic E-state index is 14.0. The fourth-order valence-electron chi connectivity index (χ4n) is 6.33. The van der Waals surface area contributed by atoms with Crippen LogP contribution < -0.4 is 11.1 Å². The van der Waals surface area contributed by atoms with Crippen molar-refractivity contribution in [3.8, 4) is 11.1 Å². The van der Waals surface area contributed by atoms with Gasteiger partial charge < -0.3 is 20.5 Å². The van der Waals surface area contributed by atoms with Gasteiger partial charge in [0.2, 0.25) is 11.8 Å². The molecule has 5 aromatic rings. The van der Waals surface area contributed by atoms with Crippen molar-refractivity contribution in [3.05, 3.63) is 70.8 Å². The van der Waals surface area contributed by atoms with Crippen LogP contribution in [0.15, 0.2) is 59.6 Å². The number of fused-ring (bicyclic) bond motifs is 4. The number of aromatic nitrogens is 5. The summed E-state index contributed by atoms with van der Waals surface area (Å²) in [6.45, 7) is 1.70. The summed E-state index contributed by atoms with van der Waals surface area (Å²) >= 11 is 3.30. The van der Waals surface area contributed by atoms with Crippen LogP contribution in [-0.4, -0.2) is 53.3 Å². The highest BCUT2D eigenvalue weighted by Crippen LogP contribution is 2.48. The van der Waals surface area contributed by atoms with Crippen LogP contribution in [-0.2, 0) is 22.3 Å².